The number of aromatic amines is 1. The Morgan fingerprint density at radius 3 is 2.65 bits per heavy atom. The molecule has 6 heteroatoms. The molecule has 2 unspecified atom stereocenters. The molecule has 20 heavy (non-hydrogen) atoms. The Kier molecular flexibility index (Phi) is 3.45. The second-order valence-electron chi connectivity index (χ2n) is 5.90. The van der Waals surface area contributed by atoms with Gasteiger partial charge in [-0.25, -0.2) is 0 Å². The second-order valence-corrected chi connectivity index (χ2v) is 6.34. The maximum atomic E-state index is 11.1. The first-order valence-corrected chi connectivity index (χ1v) is 7.10. The minimum Gasteiger partial charge on any atom is -0.385 e. The van der Waals surface area contributed by atoms with E-state index in [9.17, 15) is 5.11 Å². The van der Waals surface area contributed by atoms with Crippen LogP contribution < -0.4 is 5.32 Å². The van der Waals surface area contributed by atoms with Crippen LogP contribution in [0.4, 0.5) is 0 Å². The minimum absolute atomic E-state index is 0. The molecule has 1 aromatic carbocycles. The third-order valence-electron chi connectivity index (χ3n) is 4.70. The van der Waals surface area contributed by atoms with Crippen molar-refractivity contribution in [3.8, 4) is 0 Å². The second kappa shape index (κ2) is 4.88. The van der Waals surface area contributed by atoms with Gasteiger partial charge in [-0.2, -0.15) is 5.10 Å². The molecule has 108 valence electrons. The summed E-state index contributed by atoms with van der Waals surface area (Å²) in [4.78, 5) is 0. The number of halogens is 2. The predicted molar refractivity (Wildman–Crippen MR) is 81.3 cm³/mol. The Balaban J connectivity index is 0.00000121. The van der Waals surface area contributed by atoms with Gasteiger partial charge in [0, 0.05) is 10.4 Å². The molecule has 0 radical (unpaired) electrons. The monoisotopic (exact) mass is 313 g/mol. The highest BCUT2D eigenvalue weighted by atomic mass is 35.5. The van der Waals surface area contributed by atoms with Crippen LogP contribution in [0.2, 0.25) is 5.02 Å². The predicted octanol–water partition coefficient (Wildman–Crippen LogP) is 2.46. The normalized spacial score (nSPS) is 32.3. The number of rotatable bonds is 1. The van der Waals surface area contributed by atoms with Crippen LogP contribution in [0, 0.1) is 11.8 Å². The van der Waals surface area contributed by atoms with Gasteiger partial charge in [0.05, 0.1) is 17.3 Å². The molecule has 4 rings (SSSR count). The molecule has 2 aromatic rings. The highest BCUT2D eigenvalue weighted by Gasteiger charge is 2.47. The number of hydrogen-bond donors (Lipinski definition) is 3. The van der Waals surface area contributed by atoms with E-state index in [-0.39, 0.29) is 12.4 Å². The number of H-pyrrole nitrogens is 1. The van der Waals surface area contributed by atoms with Gasteiger partial charge in [-0.05, 0) is 55.5 Å². The Bertz CT molecular complexity index is 630. The van der Waals surface area contributed by atoms with Crippen molar-refractivity contribution in [1.29, 1.82) is 0 Å². The lowest BCUT2D eigenvalue weighted by Crippen LogP contribution is -2.25. The van der Waals surface area contributed by atoms with Gasteiger partial charge in [0.1, 0.15) is 0 Å². The van der Waals surface area contributed by atoms with Gasteiger partial charge in [0.2, 0.25) is 0 Å². The van der Waals surface area contributed by atoms with Crippen LogP contribution in [0.25, 0.3) is 10.9 Å². The number of aromatic nitrogens is 2. The Morgan fingerprint density at radius 1 is 1.25 bits per heavy atom. The fraction of sp³-hybridized carbons (Fsp3) is 0.500. The third kappa shape index (κ3) is 2.02. The van der Waals surface area contributed by atoms with E-state index in [0.29, 0.717) is 16.9 Å². The molecule has 0 amide bonds. The van der Waals surface area contributed by atoms with Gasteiger partial charge >= 0.3 is 0 Å². The molecule has 1 saturated heterocycles. The number of nitrogens with one attached hydrogen (secondary N) is 2. The van der Waals surface area contributed by atoms with E-state index < -0.39 is 5.60 Å². The molecular formula is C14H17Cl2N3O. The molecule has 1 saturated carbocycles. The molecule has 0 spiro atoms. The van der Waals surface area contributed by atoms with Gasteiger partial charge in [0.15, 0.2) is 0 Å². The summed E-state index contributed by atoms with van der Waals surface area (Å²) in [5.74, 6) is 1.15. The SMILES string of the molecule is Cl.OC1(c2cc(Cl)cc3[nH]ncc23)CC2CNCC2C1. The number of aliphatic hydroxyl groups is 1. The largest absolute Gasteiger partial charge is 0.385 e. The van der Waals surface area contributed by atoms with Crippen molar-refractivity contribution in [3.05, 3.63) is 28.9 Å². The molecule has 1 aliphatic carbocycles. The number of nitrogens with zero attached hydrogens (tertiary/aromatic N) is 1. The van der Waals surface area contributed by atoms with E-state index in [1.807, 2.05) is 12.1 Å². The Morgan fingerprint density at radius 2 is 1.95 bits per heavy atom. The zero-order valence-electron chi connectivity index (χ0n) is 10.9. The molecule has 2 aliphatic rings. The summed E-state index contributed by atoms with van der Waals surface area (Å²) in [6.07, 6.45) is 3.40. The zero-order chi connectivity index (χ0) is 13.0. The van der Waals surface area contributed by atoms with Crippen molar-refractivity contribution in [3.63, 3.8) is 0 Å². The summed E-state index contributed by atoms with van der Waals surface area (Å²) in [6, 6.07) is 3.75. The van der Waals surface area contributed by atoms with Crippen LogP contribution in [0.15, 0.2) is 18.3 Å². The lowest BCUT2D eigenvalue weighted by molar-refractivity contribution is 0.0374. The summed E-state index contributed by atoms with van der Waals surface area (Å²) in [5, 5.41) is 23.1. The molecule has 2 fully saturated rings. The zero-order valence-corrected chi connectivity index (χ0v) is 12.5. The van der Waals surface area contributed by atoms with Gasteiger partial charge in [-0.15, -0.1) is 12.4 Å². The van der Waals surface area contributed by atoms with Crippen molar-refractivity contribution < 1.29 is 5.11 Å². The summed E-state index contributed by atoms with van der Waals surface area (Å²) >= 11 is 6.17. The van der Waals surface area contributed by atoms with Crippen molar-refractivity contribution >= 4 is 34.9 Å². The van der Waals surface area contributed by atoms with Crippen LogP contribution in [0.1, 0.15) is 18.4 Å². The van der Waals surface area contributed by atoms with E-state index >= 15 is 0 Å². The van der Waals surface area contributed by atoms with Gasteiger partial charge in [0.25, 0.3) is 0 Å². The summed E-state index contributed by atoms with van der Waals surface area (Å²) < 4.78 is 0. The first kappa shape index (κ1) is 14.1. The van der Waals surface area contributed by atoms with E-state index in [2.05, 4.69) is 15.5 Å². The standard InChI is InChI=1S/C14H16ClN3O.ClH/c15-10-1-12(11-7-17-18-13(11)2-10)14(19)3-8-5-16-6-9(8)4-14;/h1-2,7-9,16,19H,3-6H2,(H,17,18);1H. The molecule has 2 heterocycles. The molecule has 3 N–H and O–H groups in total. The van der Waals surface area contributed by atoms with Crippen LogP contribution >= 0.6 is 24.0 Å². The van der Waals surface area contributed by atoms with Crippen LogP contribution in [-0.4, -0.2) is 28.4 Å². The van der Waals surface area contributed by atoms with E-state index in [4.69, 9.17) is 11.6 Å². The number of fused-ring (bicyclic) bond motifs is 2. The molecule has 1 aromatic heterocycles. The summed E-state index contributed by atoms with van der Waals surface area (Å²) in [6.45, 7) is 2.03. The van der Waals surface area contributed by atoms with E-state index in [1.165, 1.54) is 0 Å². The fourth-order valence-electron chi connectivity index (χ4n) is 3.84. The molecular weight excluding hydrogens is 297 g/mol. The average Bonchev–Trinajstić information content (AvgIpc) is 3.01. The quantitative estimate of drug-likeness (QED) is 0.758. The fourth-order valence-corrected chi connectivity index (χ4v) is 4.06. The van der Waals surface area contributed by atoms with Crippen molar-refractivity contribution in [2.24, 2.45) is 11.8 Å². The first-order chi connectivity index (χ1) is 9.16. The maximum Gasteiger partial charge on any atom is 0.0910 e. The summed E-state index contributed by atoms with van der Waals surface area (Å²) in [7, 11) is 0. The van der Waals surface area contributed by atoms with E-state index in [0.717, 1.165) is 42.4 Å². The lowest BCUT2D eigenvalue weighted by Gasteiger charge is -2.25. The molecule has 2 atom stereocenters. The topological polar surface area (TPSA) is 60.9 Å². The Hall–Kier alpha value is -0.810. The van der Waals surface area contributed by atoms with Crippen molar-refractivity contribution in [1.82, 2.24) is 15.5 Å². The first-order valence-electron chi connectivity index (χ1n) is 6.72. The van der Waals surface area contributed by atoms with Crippen LogP contribution in [0.3, 0.4) is 0 Å². The van der Waals surface area contributed by atoms with Gasteiger partial charge in [-0.3, -0.25) is 5.10 Å². The van der Waals surface area contributed by atoms with Gasteiger partial charge < -0.3 is 10.4 Å². The van der Waals surface area contributed by atoms with Crippen molar-refractivity contribution in [2.75, 3.05) is 13.1 Å². The molecule has 4 nitrogen and oxygen atoms in total. The number of benzene rings is 1. The minimum atomic E-state index is -0.759. The van der Waals surface area contributed by atoms with Crippen molar-refractivity contribution in [2.45, 2.75) is 18.4 Å². The third-order valence-corrected chi connectivity index (χ3v) is 4.92. The lowest BCUT2D eigenvalue weighted by atomic mass is 9.88. The highest BCUT2D eigenvalue weighted by molar-refractivity contribution is 6.31. The number of hydrogen-bond acceptors (Lipinski definition) is 3. The van der Waals surface area contributed by atoms with Crippen LogP contribution in [0.5, 0.6) is 0 Å². The average molecular weight is 314 g/mol. The van der Waals surface area contributed by atoms with Crippen LogP contribution in [-0.2, 0) is 5.60 Å². The smallest absolute Gasteiger partial charge is 0.0910 e. The molecule has 1 aliphatic heterocycles. The highest BCUT2D eigenvalue weighted by Crippen LogP contribution is 2.49. The van der Waals surface area contributed by atoms with E-state index in [1.54, 1.807) is 6.20 Å². The van der Waals surface area contributed by atoms with Gasteiger partial charge in [-0.1, -0.05) is 11.6 Å². The Labute approximate surface area is 128 Å². The summed E-state index contributed by atoms with van der Waals surface area (Å²) in [5.41, 5.74) is 1.06. The maximum absolute atomic E-state index is 11.1. The molecule has 0 bridgehead atoms.